The molecule has 2 aliphatic rings. The van der Waals surface area contributed by atoms with Crippen molar-refractivity contribution in [2.45, 2.75) is 38.5 Å². The maximum absolute atomic E-state index is 14.0. The summed E-state index contributed by atoms with van der Waals surface area (Å²) in [4.78, 5) is 25.9. The standard InChI is InChI=1S/C25H23F2NO3/c1-15-22(25(30)31-13-12-16-6-3-2-4-7-16)23(17-10-11-18(26)19(27)14-17)24-20(28-15)8-5-9-21(24)29/h2-4,6-7,10-11,14,23,28H,5,8-9,12-13H2,1H3/t23-/m0/s1. The van der Waals surface area contributed by atoms with Gasteiger partial charge >= 0.3 is 5.97 Å². The Balaban J connectivity index is 1.66. The van der Waals surface area contributed by atoms with Gasteiger partial charge in [-0.3, -0.25) is 4.79 Å². The van der Waals surface area contributed by atoms with Crippen molar-refractivity contribution in [3.63, 3.8) is 0 Å². The molecule has 0 saturated heterocycles. The van der Waals surface area contributed by atoms with E-state index in [4.69, 9.17) is 4.74 Å². The van der Waals surface area contributed by atoms with E-state index >= 15 is 0 Å². The van der Waals surface area contributed by atoms with E-state index in [0.29, 0.717) is 42.5 Å². The Morgan fingerprint density at radius 2 is 1.87 bits per heavy atom. The van der Waals surface area contributed by atoms with E-state index in [1.807, 2.05) is 30.3 Å². The molecule has 0 unspecified atom stereocenters. The van der Waals surface area contributed by atoms with Crippen LogP contribution in [0.25, 0.3) is 0 Å². The van der Waals surface area contributed by atoms with Gasteiger partial charge in [0.2, 0.25) is 0 Å². The van der Waals surface area contributed by atoms with Crippen molar-refractivity contribution in [3.8, 4) is 0 Å². The number of carbonyl (C=O) groups is 2. The zero-order valence-electron chi connectivity index (χ0n) is 17.2. The number of carbonyl (C=O) groups excluding carboxylic acids is 2. The molecule has 1 N–H and O–H groups in total. The minimum absolute atomic E-state index is 0.0921. The van der Waals surface area contributed by atoms with Gasteiger partial charge in [-0.2, -0.15) is 0 Å². The van der Waals surface area contributed by atoms with Crippen LogP contribution >= 0.6 is 0 Å². The number of hydrogen-bond acceptors (Lipinski definition) is 4. The van der Waals surface area contributed by atoms with Crippen LogP contribution in [0.1, 0.15) is 43.2 Å². The lowest BCUT2D eigenvalue weighted by molar-refractivity contribution is -0.139. The molecule has 31 heavy (non-hydrogen) atoms. The third-order valence-corrected chi connectivity index (χ3v) is 5.74. The summed E-state index contributed by atoms with van der Waals surface area (Å²) in [6, 6.07) is 13.1. The van der Waals surface area contributed by atoms with Crippen molar-refractivity contribution >= 4 is 11.8 Å². The Labute approximate surface area is 179 Å². The number of Topliss-reactive ketones (excluding diaryl/α,β-unsaturated/α-hetero) is 1. The lowest BCUT2D eigenvalue weighted by Gasteiger charge is -2.34. The third-order valence-electron chi connectivity index (χ3n) is 5.74. The van der Waals surface area contributed by atoms with Gasteiger partial charge in [0, 0.05) is 35.7 Å². The number of allylic oxidation sites excluding steroid dienone is 3. The quantitative estimate of drug-likeness (QED) is 0.708. The Morgan fingerprint density at radius 1 is 1.10 bits per heavy atom. The molecule has 0 fully saturated rings. The molecule has 1 heterocycles. The first-order valence-corrected chi connectivity index (χ1v) is 10.4. The summed E-state index contributed by atoms with van der Waals surface area (Å²) in [5, 5.41) is 3.18. The summed E-state index contributed by atoms with van der Waals surface area (Å²) >= 11 is 0. The lowest BCUT2D eigenvalue weighted by Crippen LogP contribution is -2.34. The predicted octanol–water partition coefficient (Wildman–Crippen LogP) is 4.72. The molecular formula is C25H23F2NO3. The molecule has 2 aromatic rings. The second-order valence-electron chi connectivity index (χ2n) is 7.81. The lowest BCUT2D eigenvalue weighted by atomic mass is 9.75. The molecule has 4 rings (SSSR count). The van der Waals surface area contributed by atoms with Crippen LogP contribution in [0.15, 0.2) is 71.1 Å². The normalized spacial score (nSPS) is 18.5. The van der Waals surface area contributed by atoms with Gasteiger partial charge in [0.05, 0.1) is 12.2 Å². The van der Waals surface area contributed by atoms with Crippen LogP contribution in [0.5, 0.6) is 0 Å². The molecule has 0 saturated carbocycles. The molecule has 0 spiro atoms. The predicted molar refractivity (Wildman–Crippen MR) is 112 cm³/mol. The summed E-state index contributed by atoms with van der Waals surface area (Å²) in [5.74, 6) is -3.44. The molecule has 160 valence electrons. The highest BCUT2D eigenvalue weighted by atomic mass is 19.2. The topological polar surface area (TPSA) is 55.4 Å². The van der Waals surface area contributed by atoms with E-state index in [1.165, 1.54) is 6.07 Å². The summed E-state index contributed by atoms with van der Waals surface area (Å²) in [7, 11) is 0. The third kappa shape index (κ3) is 4.29. The Hall–Kier alpha value is -3.28. The molecule has 6 heteroatoms. The van der Waals surface area contributed by atoms with Gasteiger partial charge in [0.25, 0.3) is 0 Å². The molecule has 1 atom stereocenters. The first-order chi connectivity index (χ1) is 15.0. The highest BCUT2D eigenvalue weighted by Gasteiger charge is 2.39. The van der Waals surface area contributed by atoms with Crippen molar-refractivity contribution in [2.24, 2.45) is 0 Å². The second kappa shape index (κ2) is 8.84. The number of nitrogens with one attached hydrogen (secondary N) is 1. The molecule has 0 radical (unpaired) electrons. The van der Waals surface area contributed by atoms with E-state index in [-0.39, 0.29) is 18.0 Å². The van der Waals surface area contributed by atoms with Crippen LogP contribution in [0.2, 0.25) is 0 Å². The minimum atomic E-state index is -1.02. The van der Waals surface area contributed by atoms with Crippen LogP contribution in [0.3, 0.4) is 0 Å². The summed E-state index contributed by atoms with van der Waals surface area (Å²) in [5.41, 5.74) is 3.40. The van der Waals surface area contributed by atoms with Gasteiger partial charge in [0.1, 0.15) is 0 Å². The number of dihydropyridines is 1. The highest BCUT2D eigenvalue weighted by Crippen LogP contribution is 2.42. The van der Waals surface area contributed by atoms with Gasteiger partial charge in [-0.25, -0.2) is 13.6 Å². The SMILES string of the molecule is CC1=C(C(=O)OCCc2ccccc2)[C@H](c2ccc(F)c(F)c2)C2=C(CCCC2=O)N1. The Bertz CT molecular complexity index is 1090. The van der Waals surface area contributed by atoms with E-state index < -0.39 is 23.5 Å². The van der Waals surface area contributed by atoms with Crippen LogP contribution in [0.4, 0.5) is 8.78 Å². The van der Waals surface area contributed by atoms with E-state index in [2.05, 4.69) is 5.32 Å². The van der Waals surface area contributed by atoms with Gasteiger partial charge in [-0.15, -0.1) is 0 Å². The molecular weight excluding hydrogens is 400 g/mol. The number of ketones is 1. The molecule has 1 aliphatic heterocycles. The first kappa shape index (κ1) is 21.0. The van der Waals surface area contributed by atoms with Gasteiger partial charge < -0.3 is 10.1 Å². The van der Waals surface area contributed by atoms with Crippen LogP contribution in [0, 0.1) is 11.6 Å². The first-order valence-electron chi connectivity index (χ1n) is 10.4. The van der Waals surface area contributed by atoms with Gasteiger partial charge in [-0.1, -0.05) is 36.4 Å². The number of rotatable bonds is 5. The summed E-state index contributed by atoms with van der Waals surface area (Å²) < 4.78 is 33.2. The number of esters is 1. The number of ether oxygens (including phenoxy) is 1. The molecule has 2 aromatic carbocycles. The van der Waals surface area contributed by atoms with Crippen molar-refractivity contribution in [2.75, 3.05) is 6.61 Å². The Morgan fingerprint density at radius 3 is 2.61 bits per heavy atom. The molecule has 4 nitrogen and oxygen atoms in total. The summed E-state index contributed by atoms with van der Waals surface area (Å²) in [6.45, 7) is 1.91. The maximum atomic E-state index is 14.0. The van der Waals surface area contributed by atoms with Crippen LogP contribution in [-0.4, -0.2) is 18.4 Å². The highest BCUT2D eigenvalue weighted by molar-refractivity contribution is 6.03. The van der Waals surface area contributed by atoms with Crippen molar-refractivity contribution < 1.29 is 23.1 Å². The zero-order valence-corrected chi connectivity index (χ0v) is 17.2. The fourth-order valence-corrected chi connectivity index (χ4v) is 4.26. The monoisotopic (exact) mass is 423 g/mol. The Kier molecular flexibility index (Phi) is 5.98. The fourth-order valence-electron chi connectivity index (χ4n) is 4.26. The maximum Gasteiger partial charge on any atom is 0.336 e. The average molecular weight is 423 g/mol. The minimum Gasteiger partial charge on any atom is -0.462 e. The van der Waals surface area contributed by atoms with Gasteiger partial charge in [-0.05, 0) is 43.0 Å². The summed E-state index contributed by atoms with van der Waals surface area (Å²) in [6.07, 6.45) is 2.28. The van der Waals surface area contributed by atoms with Crippen LogP contribution < -0.4 is 5.32 Å². The van der Waals surface area contributed by atoms with E-state index in [9.17, 15) is 18.4 Å². The molecule has 0 bridgehead atoms. The molecule has 0 amide bonds. The van der Waals surface area contributed by atoms with Crippen molar-refractivity contribution in [3.05, 3.63) is 93.8 Å². The number of benzene rings is 2. The van der Waals surface area contributed by atoms with Gasteiger partial charge in [0.15, 0.2) is 17.4 Å². The van der Waals surface area contributed by atoms with Crippen LogP contribution in [-0.2, 0) is 20.7 Å². The zero-order chi connectivity index (χ0) is 22.0. The number of halogens is 2. The van der Waals surface area contributed by atoms with E-state index in [0.717, 1.165) is 23.4 Å². The second-order valence-corrected chi connectivity index (χ2v) is 7.81. The number of hydrogen-bond donors (Lipinski definition) is 1. The van der Waals surface area contributed by atoms with Crippen molar-refractivity contribution in [1.82, 2.24) is 5.32 Å². The smallest absolute Gasteiger partial charge is 0.336 e. The largest absolute Gasteiger partial charge is 0.462 e. The average Bonchev–Trinajstić information content (AvgIpc) is 2.75. The molecule has 1 aliphatic carbocycles. The molecule has 0 aromatic heterocycles. The fraction of sp³-hybridized carbons (Fsp3) is 0.280. The van der Waals surface area contributed by atoms with E-state index in [1.54, 1.807) is 6.92 Å². The van der Waals surface area contributed by atoms with Crippen molar-refractivity contribution in [1.29, 1.82) is 0 Å².